The number of benzene rings is 2. The van der Waals surface area contributed by atoms with Gasteiger partial charge in [0.05, 0.1) is 17.9 Å². The molecule has 4 rings (SSSR count). The fraction of sp³-hybridized carbons (Fsp3) is 0.227. The molecule has 0 spiro atoms. The Labute approximate surface area is 170 Å². The average molecular weight is 410 g/mol. The molecule has 0 radical (unpaired) electrons. The van der Waals surface area contributed by atoms with Crippen LogP contribution < -0.4 is 9.62 Å². The summed E-state index contributed by atoms with van der Waals surface area (Å²) in [5, 5.41) is 0. The predicted octanol–water partition coefficient (Wildman–Crippen LogP) is 2.84. The van der Waals surface area contributed by atoms with Crippen molar-refractivity contribution in [2.75, 3.05) is 11.9 Å². The number of hydrogen-bond donors (Lipinski definition) is 1. The van der Waals surface area contributed by atoms with Gasteiger partial charge in [0.15, 0.2) is 0 Å². The lowest BCUT2D eigenvalue weighted by Crippen LogP contribution is -2.25. The zero-order valence-electron chi connectivity index (χ0n) is 16.4. The van der Waals surface area contributed by atoms with Gasteiger partial charge in [-0.2, -0.15) is 0 Å². The Morgan fingerprint density at radius 3 is 2.66 bits per heavy atom. The molecule has 0 atom stereocenters. The van der Waals surface area contributed by atoms with E-state index in [1.165, 1.54) is 11.1 Å². The summed E-state index contributed by atoms with van der Waals surface area (Å²) >= 11 is 0. The summed E-state index contributed by atoms with van der Waals surface area (Å²) < 4.78 is 30.3. The first kappa shape index (κ1) is 19.4. The summed E-state index contributed by atoms with van der Waals surface area (Å²) in [6.07, 6.45) is 2.18. The van der Waals surface area contributed by atoms with Crippen LogP contribution in [0, 0.1) is 6.92 Å². The molecule has 7 heteroatoms. The lowest BCUT2D eigenvalue weighted by Gasteiger charge is -2.13. The Hall–Kier alpha value is -2.90. The molecule has 1 aliphatic heterocycles. The van der Waals surface area contributed by atoms with Crippen LogP contribution in [-0.2, 0) is 34.3 Å². The minimum Gasteiger partial charge on any atom is -0.346 e. The summed E-state index contributed by atoms with van der Waals surface area (Å²) in [5.41, 5.74) is 4.78. The van der Waals surface area contributed by atoms with Gasteiger partial charge in [0.25, 0.3) is 0 Å². The Kier molecular flexibility index (Phi) is 5.02. The van der Waals surface area contributed by atoms with Crippen molar-refractivity contribution >= 4 is 21.6 Å². The van der Waals surface area contributed by atoms with Crippen molar-refractivity contribution < 1.29 is 13.2 Å². The molecule has 1 aliphatic rings. The van der Waals surface area contributed by atoms with Gasteiger partial charge in [0, 0.05) is 31.2 Å². The second-order valence-electron chi connectivity index (χ2n) is 7.30. The van der Waals surface area contributed by atoms with Crippen molar-refractivity contribution in [2.45, 2.75) is 31.3 Å². The van der Waals surface area contributed by atoms with Gasteiger partial charge in [0.1, 0.15) is 0 Å². The van der Waals surface area contributed by atoms with Crippen molar-refractivity contribution in [1.29, 1.82) is 0 Å². The van der Waals surface area contributed by atoms with Crippen LogP contribution >= 0.6 is 0 Å². The second-order valence-corrected chi connectivity index (χ2v) is 9.07. The fourth-order valence-corrected chi connectivity index (χ4v) is 4.65. The van der Waals surface area contributed by atoms with Gasteiger partial charge >= 0.3 is 0 Å². The Bertz CT molecular complexity index is 1180. The number of fused-ring (bicyclic) bond motifs is 1. The molecule has 0 unspecified atom stereocenters. The lowest BCUT2D eigenvalue weighted by molar-refractivity contribution is -0.117. The molecule has 0 saturated carbocycles. The van der Waals surface area contributed by atoms with Gasteiger partial charge in [-0.3, -0.25) is 4.79 Å². The zero-order chi connectivity index (χ0) is 20.6. The highest BCUT2D eigenvalue weighted by molar-refractivity contribution is 7.89. The SMILES string of the molecule is Cc1ccccc1Cn1cccc1CNS(=O)(=O)c1ccc2c(c1)CC(=O)N2C. The van der Waals surface area contributed by atoms with Crippen LogP contribution in [-0.4, -0.2) is 25.9 Å². The van der Waals surface area contributed by atoms with Gasteiger partial charge in [-0.1, -0.05) is 24.3 Å². The molecule has 150 valence electrons. The average Bonchev–Trinajstić information content (AvgIpc) is 3.26. The summed E-state index contributed by atoms with van der Waals surface area (Å²) in [6, 6.07) is 16.8. The van der Waals surface area contributed by atoms with Crippen molar-refractivity contribution in [3.63, 3.8) is 0 Å². The highest BCUT2D eigenvalue weighted by Gasteiger charge is 2.26. The molecule has 0 fully saturated rings. The molecule has 29 heavy (non-hydrogen) atoms. The van der Waals surface area contributed by atoms with Crippen LogP contribution in [0.5, 0.6) is 0 Å². The number of aromatic nitrogens is 1. The van der Waals surface area contributed by atoms with Crippen LogP contribution in [0.4, 0.5) is 5.69 Å². The number of nitrogens with zero attached hydrogens (tertiary/aromatic N) is 2. The fourth-order valence-electron chi connectivity index (χ4n) is 3.60. The molecule has 3 aromatic rings. The molecule has 2 aromatic carbocycles. The van der Waals surface area contributed by atoms with Crippen LogP contribution in [0.25, 0.3) is 0 Å². The van der Waals surface area contributed by atoms with Crippen LogP contribution in [0.15, 0.2) is 65.7 Å². The number of nitrogens with one attached hydrogen (secondary N) is 1. The third-order valence-corrected chi connectivity index (χ3v) is 6.81. The van der Waals surface area contributed by atoms with Crippen LogP contribution in [0.2, 0.25) is 0 Å². The summed E-state index contributed by atoms with van der Waals surface area (Å²) in [7, 11) is -1.99. The number of anilines is 1. The first-order valence-electron chi connectivity index (χ1n) is 9.43. The minimum atomic E-state index is -3.68. The number of likely N-dealkylation sites (N-methyl/N-ethyl adjacent to an activating group) is 1. The standard InChI is InChI=1S/C22H23N3O3S/c1-16-6-3-4-7-17(16)15-25-11-5-8-19(25)14-23-29(27,28)20-9-10-21-18(12-20)13-22(26)24(21)2/h3-12,23H,13-15H2,1-2H3. The largest absolute Gasteiger partial charge is 0.346 e. The maximum absolute atomic E-state index is 12.8. The van der Waals surface area contributed by atoms with Crippen molar-refractivity contribution in [3.05, 3.63) is 83.2 Å². The third-order valence-electron chi connectivity index (χ3n) is 5.41. The van der Waals surface area contributed by atoms with Crippen LogP contribution in [0.1, 0.15) is 22.4 Å². The molecule has 1 amide bonds. The van der Waals surface area contributed by atoms with Gasteiger partial charge < -0.3 is 9.47 Å². The minimum absolute atomic E-state index is 0.0310. The van der Waals surface area contributed by atoms with E-state index in [0.29, 0.717) is 6.54 Å². The van der Waals surface area contributed by atoms with E-state index >= 15 is 0 Å². The molecule has 1 N–H and O–H groups in total. The number of carbonyl (C=O) groups excluding carboxylic acids is 1. The van der Waals surface area contributed by atoms with E-state index in [2.05, 4.69) is 23.8 Å². The maximum Gasteiger partial charge on any atom is 0.240 e. The number of aryl methyl sites for hydroxylation is 1. The highest BCUT2D eigenvalue weighted by Crippen LogP contribution is 2.29. The van der Waals surface area contributed by atoms with Gasteiger partial charge in [-0.25, -0.2) is 13.1 Å². The smallest absolute Gasteiger partial charge is 0.240 e. The number of hydrogen-bond acceptors (Lipinski definition) is 3. The Morgan fingerprint density at radius 2 is 1.86 bits per heavy atom. The predicted molar refractivity (Wildman–Crippen MR) is 112 cm³/mol. The molecular weight excluding hydrogens is 386 g/mol. The highest BCUT2D eigenvalue weighted by atomic mass is 32.2. The number of rotatable bonds is 6. The van der Waals surface area contributed by atoms with Crippen molar-refractivity contribution in [2.24, 2.45) is 0 Å². The van der Waals surface area contributed by atoms with E-state index in [4.69, 9.17) is 0 Å². The Balaban J connectivity index is 1.50. The normalized spacial score (nSPS) is 13.7. The topological polar surface area (TPSA) is 71.4 Å². The third kappa shape index (κ3) is 3.83. The zero-order valence-corrected chi connectivity index (χ0v) is 17.2. The van der Waals surface area contributed by atoms with E-state index in [0.717, 1.165) is 16.9 Å². The lowest BCUT2D eigenvalue weighted by atomic mass is 10.1. The van der Waals surface area contributed by atoms with Gasteiger partial charge in [0.2, 0.25) is 15.9 Å². The first-order valence-corrected chi connectivity index (χ1v) is 10.9. The van der Waals surface area contributed by atoms with E-state index in [9.17, 15) is 13.2 Å². The molecule has 2 heterocycles. The molecule has 0 aliphatic carbocycles. The van der Waals surface area contributed by atoms with E-state index in [1.54, 1.807) is 30.1 Å². The molecular formula is C22H23N3O3S. The van der Waals surface area contributed by atoms with E-state index < -0.39 is 10.0 Å². The molecule has 0 bridgehead atoms. The summed E-state index contributed by atoms with van der Waals surface area (Å²) in [6.45, 7) is 2.94. The first-order chi connectivity index (χ1) is 13.8. The quantitative estimate of drug-likeness (QED) is 0.681. The summed E-state index contributed by atoms with van der Waals surface area (Å²) in [5.74, 6) is -0.0310. The van der Waals surface area contributed by atoms with Gasteiger partial charge in [-0.15, -0.1) is 0 Å². The molecule has 1 aromatic heterocycles. The second kappa shape index (κ2) is 7.50. The van der Waals surface area contributed by atoms with Gasteiger partial charge in [-0.05, 0) is 53.9 Å². The van der Waals surface area contributed by atoms with E-state index in [1.807, 2.05) is 35.0 Å². The van der Waals surface area contributed by atoms with E-state index in [-0.39, 0.29) is 23.8 Å². The van der Waals surface area contributed by atoms with Crippen LogP contribution in [0.3, 0.4) is 0 Å². The number of amides is 1. The number of sulfonamides is 1. The number of carbonyl (C=O) groups is 1. The molecule has 0 saturated heterocycles. The monoisotopic (exact) mass is 409 g/mol. The maximum atomic E-state index is 12.8. The Morgan fingerprint density at radius 1 is 1.07 bits per heavy atom. The molecule has 6 nitrogen and oxygen atoms in total. The van der Waals surface area contributed by atoms with Crippen molar-refractivity contribution in [1.82, 2.24) is 9.29 Å². The van der Waals surface area contributed by atoms with Crippen molar-refractivity contribution in [3.8, 4) is 0 Å². The summed E-state index contributed by atoms with van der Waals surface area (Å²) in [4.78, 5) is 13.6.